The van der Waals surface area contributed by atoms with E-state index in [-0.39, 0.29) is 31.2 Å². The predicted octanol–water partition coefficient (Wildman–Crippen LogP) is 3.87. The molecule has 0 radical (unpaired) electrons. The fourth-order valence-corrected chi connectivity index (χ4v) is 5.68. The van der Waals surface area contributed by atoms with Gasteiger partial charge >= 0.3 is 13.7 Å². The lowest BCUT2D eigenvalue weighted by Crippen LogP contribution is -2.35. The summed E-state index contributed by atoms with van der Waals surface area (Å²) in [6.45, 7) is 2.05. The molecule has 1 fully saturated rings. The molecule has 12 nitrogen and oxygen atoms in total. The summed E-state index contributed by atoms with van der Waals surface area (Å²) >= 11 is 0. The van der Waals surface area contributed by atoms with Crippen molar-refractivity contribution in [1.29, 1.82) is 0 Å². The zero-order chi connectivity index (χ0) is 27.2. The van der Waals surface area contributed by atoms with Crippen LogP contribution in [0.5, 0.6) is 5.75 Å². The maximum atomic E-state index is 13.8. The molecule has 0 amide bonds. The van der Waals surface area contributed by atoms with Gasteiger partial charge in [-0.3, -0.25) is 13.9 Å². The molecule has 2 aromatic carbocycles. The lowest BCUT2D eigenvalue weighted by atomic mass is 10.1. The number of fused-ring (bicyclic) bond motifs is 1. The standard InChI is InChI=1S/C26H29N6O6P/c1-18(26(33)36-13-19-8-4-2-5-9-19)31-39(34,38-21-10-6-3-7-11-21)37-15-20-12-22(35-14-20)32-17-30-23-24(27)28-16-29-25(23)32/h2-11,16-18,20,22H,12-15H2,1H3,(H,31,34)(H2,27,28,29)/t18-,20-,22+,39?/m0/s1. The van der Waals surface area contributed by atoms with Crippen molar-refractivity contribution in [1.82, 2.24) is 24.6 Å². The molecule has 1 aliphatic heterocycles. The van der Waals surface area contributed by atoms with E-state index in [4.69, 9.17) is 24.3 Å². The highest BCUT2D eigenvalue weighted by molar-refractivity contribution is 7.52. The van der Waals surface area contributed by atoms with Gasteiger partial charge < -0.3 is 19.7 Å². The van der Waals surface area contributed by atoms with Gasteiger partial charge in [0.05, 0.1) is 19.5 Å². The highest BCUT2D eigenvalue weighted by atomic mass is 31.2. The Morgan fingerprint density at radius 3 is 2.67 bits per heavy atom. The van der Waals surface area contributed by atoms with Crippen LogP contribution in [0.15, 0.2) is 73.3 Å². The van der Waals surface area contributed by atoms with E-state index in [9.17, 15) is 9.36 Å². The summed E-state index contributed by atoms with van der Waals surface area (Å²) in [6, 6.07) is 17.0. The molecule has 3 heterocycles. The lowest BCUT2D eigenvalue weighted by Gasteiger charge is -2.24. The van der Waals surface area contributed by atoms with E-state index >= 15 is 0 Å². The average Bonchev–Trinajstić information content (AvgIpc) is 3.59. The predicted molar refractivity (Wildman–Crippen MR) is 142 cm³/mol. The van der Waals surface area contributed by atoms with Crippen molar-refractivity contribution in [2.24, 2.45) is 5.92 Å². The fraction of sp³-hybridized carbons (Fsp3) is 0.308. The van der Waals surface area contributed by atoms with Crippen LogP contribution in [0.25, 0.3) is 11.2 Å². The maximum absolute atomic E-state index is 13.8. The first-order valence-corrected chi connectivity index (χ1v) is 14.0. The van der Waals surface area contributed by atoms with Crippen LogP contribution in [0.1, 0.15) is 25.1 Å². The summed E-state index contributed by atoms with van der Waals surface area (Å²) < 4.78 is 38.5. The van der Waals surface area contributed by atoms with Crippen molar-refractivity contribution in [3.8, 4) is 5.75 Å². The van der Waals surface area contributed by atoms with Gasteiger partial charge in [-0.2, -0.15) is 5.09 Å². The number of para-hydroxylation sites is 1. The van der Waals surface area contributed by atoms with Crippen molar-refractivity contribution >= 4 is 30.7 Å². The number of nitrogens with one attached hydrogen (secondary N) is 1. The minimum Gasteiger partial charge on any atom is -0.460 e. The summed E-state index contributed by atoms with van der Waals surface area (Å²) in [4.78, 5) is 25.2. The molecule has 4 atom stereocenters. The number of nitrogen functional groups attached to an aromatic ring is 1. The number of carbonyl (C=O) groups excluding carboxylic acids is 1. The number of carbonyl (C=O) groups is 1. The van der Waals surface area contributed by atoms with Gasteiger partial charge in [-0.15, -0.1) is 0 Å². The molecule has 4 aromatic rings. The number of anilines is 1. The molecule has 0 aliphatic carbocycles. The summed E-state index contributed by atoms with van der Waals surface area (Å²) in [6.07, 6.45) is 3.18. The number of esters is 1. The number of nitrogens with two attached hydrogens (primary N) is 1. The number of hydrogen-bond acceptors (Lipinski definition) is 10. The Kier molecular flexibility index (Phi) is 8.18. The van der Waals surface area contributed by atoms with Crippen molar-refractivity contribution in [3.05, 3.63) is 78.9 Å². The van der Waals surface area contributed by atoms with Crippen LogP contribution in [-0.2, 0) is 30.0 Å². The second kappa shape index (κ2) is 11.9. The first kappa shape index (κ1) is 26.8. The third kappa shape index (κ3) is 6.61. The monoisotopic (exact) mass is 552 g/mol. The quantitative estimate of drug-likeness (QED) is 0.206. The maximum Gasteiger partial charge on any atom is 0.459 e. The van der Waals surface area contributed by atoms with Crippen LogP contribution in [0.3, 0.4) is 0 Å². The minimum absolute atomic E-state index is 0.0587. The van der Waals surface area contributed by atoms with E-state index in [2.05, 4.69) is 20.0 Å². The molecule has 39 heavy (non-hydrogen) atoms. The lowest BCUT2D eigenvalue weighted by molar-refractivity contribution is -0.146. The second-order valence-electron chi connectivity index (χ2n) is 9.11. The van der Waals surface area contributed by atoms with Crippen molar-refractivity contribution in [2.75, 3.05) is 18.9 Å². The summed E-state index contributed by atoms with van der Waals surface area (Å²) in [5.41, 5.74) is 7.80. The number of benzene rings is 2. The normalized spacial score (nSPS) is 19.4. The topological polar surface area (TPSA) is 153 Å². The SMILES string of the molecule is C[C@H](NP(=O)(OC[C@@H]1CO[C@@H](n2cnc3c(N)ncnc32)C1)Oc1ccccc1)C(=O)OCc1ccccc1. The Labute approximate surface area is 225 Å². The Morgan fingerprint density at radius 2 is 1.90 bits per heavy atom. The molecule has 1 aliphatic rings. The minimum atomic E-state index is -3.99. The zero-order valence-corrected chi connectivity index (χ0v) is 22.1. The van der Waals surface area contributed by atoms with Crippen LogP contribution >= 0.6 is 7.75 Å². The van der Waals surface area contributed by atoms with E-state index in [1.165, 1.54) is 6.33 Å². The molecular formula is C26H29N6O6P. The van der Waals surface area contributed by atoms with Crippen molar-refractivity contribution in [3.63, 3.8) is 0 Å². The number of nitrogens with zero attached hydrogens (tertiary/aromatic N) is 4. The van der Waals surface area contributed by atoms with Crippen LogP contribution in [0, 0.1) is 5.92 Å². The molecule has 5 rings (SSSR count). The highest BCUT2D eigenvalue weighted by Crippen LogP contribution is 2.46. The molecule has 204 valence electrons. The van der Waals surface area contributed by atoms with Gasteiger partial charge in [-0.1, -0.05) is 48.5 Å². The number of hydrogen-bond donors (Lipinski definition) is 2. The van der Waals surface area contributed by atoms with Gasteiger partial charge in [0, 0.05) is 5.92 Å². The number of imidazole rings is 1. The van der Waals surface area contributed by atoms with E-state index in [0.29, 0.717) is 29.9 Å². The molecule has 0 saturated carbocycles. The van der Waals surface area contributed by atoms with Crippen molar-refractivity contribution < 1.29 is 27.9 Å². The van der Waals surface area contributed by atoms with E-state index in [1.807, 2.05) is 36.4 Å². The molecule has 0 spiro atoms. The molecule has 1 saturated heterocycles. The number of ether oxygens (including phenoxy) is 2. The second-order valence-corrected chi connectivity index (χ2v) is 10.8. The third-order valence-corrected chi connectivity index (χ3v) is 7.78. The highest BCUT2D eigenvalue weighted by Gasteiger charge is 2.35. The zero-order valence-electron chi connectivity index (χ0n) is 21.3. The molecule has 0 bridgehead atoms. The molecular weight excluding hydrogens is 523 g/mol. The van der Waals surface area contributed by atoms with Gasteiger partial charge in [0.2, 0.25) is 0 Å². The Bertz CT molecular complexity index is 1450. The first-order valence-electron chi connectivity index (χ1n) is 12.4. The third-order valence-electron chi connectivity index (χ3n) is 6.13. The van der Waals surface area contributed by atoms with Crippen LogP contribution in [0.2, 0.25) is 0 Å². The molecule has 13 heteroatoms. The smallest absolute Gasteiger partial charge is 0.459 e. The van der Waals surface area contributed by atoms with Gasteiger partial charge in [-0.05, 0) is 31.0 Å². The average molecular weight is 553 g/mol. The molecule has 1 unspecified atom stereocenters. The van der Waals surface area contributed by atoms with Gasteiger partial charge in [0.15, 0.2) is 11.5 Å². The number of rotatable bonds is 11. The summed E-state index contributed by atoms with van der Waals surface area (Å²) in [5.74, 6) is -0.0719. The van der Waals surface area contributed by atoms with E-state index in [1.54, 1.807) is 42.1 Å². The van der Waals surface area contributed by atoms with E-state index < -0.39 is 19.8 Å². The Balaban J connectivity index is 1.22. The van der Waals surface area contributed by atoms with E-state index in [0.717, 1.165) is 5.56 Å². The summed E-state index contributed by atoms with van der Waals surface area (Å²) in [7, 11) is -3.99. The van der Waals surface area contributed by atoms with Gasteiger partial charge in [0.1, 0.15) is 36.5 Å². The fourth-order valence-electron chi connectivity index (χ4n) is 4.12. The Morgan fingerprint density at radius 1 is 1.15 bits per heavy atom. The van der Waals surface area contributed by atoms with Crippen LogP contribution < -0.4 is 15.3 Å². The largest absolute Gasteiger partial charge is 0.460 e. The molecule has 3 N–H and O–H groups in total. The van der Waals surface area contributed by atoms with Crippen LogP contribution in [-0.4, -0.2) is 44.7 Å². The van der Waals surface area contributed by atoms with Gasteiger partial charge in [-0.25, -0.2) is 19.5 Å². The summed E-state index contributed by atoms with van der Waals surface area (Å²) in [5, 5.41) is 2.72. The number of aromatic nitrogens is 4. The van der Waals surface area contributed by atoms with Gasteiger partial charge in [0.25, 0.3) is 0 Å². The Hall–Kier alpha value is -3.83. The van der Waals surface area contributed by atoms with Crippen LogP contribution in [0.4, 0.5) is 5.82 Å². The molecule has 2 aromatic heterocycles. The first-order chi connectivity index (χ1) is 18.9. The van der Waals surface area contributed by atoms with Crippen molar-refractivity contribution in [2.45, 2.75) is 32.2 Å².